The number of hydrogen-bond acceptors (Lipinski definition) is 0. The highest BCUT2D eigenvalue weighted by molar-refractivity contribution is 7.67. The van der Waals surface area contributed by atoms with Gasteiger partial charge in [-0.3, -0.25) is 0 Å². The summed E-state index contributed by atoms with van der Waals surface area (Å²) in [5, 5.41) is 1.52. The third kappa shape index (κ3) is 2.62. The summed E-state index contributed by atoms with van der Waals surface area (Å²) in [5.74, 6) is 0. The topological polar surface area (TPSA) is 0 Å². The Morgan fingerprint density at radius 2 is 1.69 bits per heavy atom. The molecule has 0 saturated carbocycles. The molecule has 0 aliphatic heterocycles. The van der Waals surface area contributed by atoms with E-state index in [1.807, 2.05) is 0 Å². The van der Waals surface area contributed by atoms with E-state index in [1.165, 1.54) is 5.30 Å². The lowest BCUT2D eigenvalue weighted by Crippen LogP contribution is -2.17. The minimum Gasteiger partial charge on any atom is -0.0838 e. The Morgan fingerprint density at radius 1 is 1.06 bits per heavy atom. The van der Waals surface area contributed by atoms with Crippen LogP contribution in [0, 0.1) is 0 Å². The van der Waals surface area contributed by atoms with Gasteiger partial charge in [-0.1, -0.05) is 76.4 Å². The number of benzene rings is 1. The van der Waals surface area contributed by atoms with Gasteiger partial charge < -0.3 is 0 Å². The van der Waals surface area contributed by atoms with Crippen LogP contribution in [0.25, 0.3) is 0 Å². The first kappa shape index (κ1) is 11.6. The van der Waals surface area contributed by atoms with Gasteiger partial charge in [-0.2, -0.15) is 0 Å². The van der Waals surface area contributed by atoms with Crippen molar-refractivity contribution in [3.05, 3.63) is 54.6 Å². The van der Waals surface area contributed by atoms with E-state index in [1.54, 1.807) is 0 Å². The van der Waals surface area contributed by atoms with E-state index in [-0.39, 0.29) is 7.92 Å². The molecule has 0 radical (unpaired) electrons. The van der Waals surface area contributed by atoms with Crippen LogP contribution in [0.5, 0.6) is 0 Å². The van der Waals surface area contributed by atoms with Gasteiger partial charge in [0.1, 0.15) is 0 Å². The van der Waals surface area contributed by atoms with E-state index in [4.69, 9.17) is 0 Å². The fourth-order valence-electron chi connectivity index (χ4n) is 2.18. The first-order valence-corrected chi connectivity index (χ1v) is 7.44. The zero-order valence-corrected chi connectivity index (χ0v) is 10.9. The van der Waals surface area contributed by atoms with E-state index in [0.29, 0.717) is 5.66 Å². The molecule has 0 nitrogen and oxygen atoms in total. The second-order valence-electron chi connectivity index (χ2n) is 4.42. The van der Waals surface area contributed by atoms with Crippen LogP contribution in [0.3, 0.4) is 0 Å². The molecular weight excluding hydrogens is 211 g/mol. The molecule has 1 aromatic rings. The average Bonchev–Trinajstić information content (AvgIpc) is 2.31. The maximum atomic E-state index is 2.39. The summed E-state index contributed by atoms with van der Waals surface area (Å²) in [6.07, 6.45) is 10.5. The van der Waals surface area contributed by atoms with Gasteiger partial charge in [-0.25, -0.2) is 0 Å². The second kappa shape index (κ2) is 5.46. The van der Waals surface area contributed by atoms with Crippen molar-refractivity contribution < 1.29 is 0 Å². The normalized spacial score (nSPS) is 17.9. The van der Waals surface area contributed by atoms with Crippen molar-refractivity contribution in [1.29, 1.82) is 0 Å². The Kier molecular flexibility index (Phi) is 3.96. The molecule has 0 heterocycles. The van der Waals surface area contributed by atoms with Gasteiger partial charge in [0.25, 0.3) is 0 Å². The summed E-state index contributed by atoms with van der Waals surface area (Å²) in [7, 11) is -0.107. The van der Waals surface area contributed by atoms with Crippen molar-refractivity contribution in [3.63, 3.8) is 0 Å². The van der Waals surface area contributed by atoms with Crippen LogP contribution >= 0.6 is 7.92 Å². The van der Waals surface area contributed by atoms with Gasteiger partial charge in [-0.05, 0) is 17.4 Å². The van der Waals surface area contributed by atoms with Crippen molar-refractivity contribution in [3.8, 4) is 0 Å². The van der Waals surface area contributed by atoms with Gasteiger partial charge in [0, 0.05) is 5.66 Å². The largest absolute Gasteiger partial charge is 0.0838 e. The van der Waals surface area contributed by atoms with E-state index in [2.05, 4.69) is 68.5 Å². The molecule has 0 fully saturated rings. The molecule has 0 bridgehead atoms. The number of hydrogen-bond donors (Lipinski definition) is 0. The summed E-state index contributed by atoms with van der Waals surface area (Å²) < 4.78 is 0. The van der Waals surface area contributed by atoms with Crippen molar-refractivity contribution in [2.45, 2.75) is 31.6 Å². The first-order chi connectivity index (χ1) is 7.79. The van der Waals surface area contributed by atoms with Crippen molar-refractivity contribution in [2.24, 2.45) is 0 Å². The van der Waals surface area contributed by atoms with Crippen molar-refractivity contribution >= 4 is 13.2 Å². The van der Waals surface area contributed by atoms with Crippen LogP contribution < -0.4 is 5.30 Å². The molecule has 1 aromatic carbocycles. The SMILES string of the molecule is CC(C)P(c1ccccc1)C1C=CCC=C1. The van der Waals surface area contributed by atoms with Gasteiger partial charge in [0.2, 0.25) is 0 Å². The summed E-state index contributed by atoms with van der Waals surface area (Å²) in [5.41, 5.74) is 1.36. The first-order valence-electron chi connectivity index (χ1n) is 5.96. The zero-order chi connectivity index (χ0) is 11.4. The third-order valence-corrected chi connectivity index (χ3v) is 5.86. The predicted molar refractivity (Wildman–Crippen MR) is 74.8 cm³/mol. The van der Waals surface area contributed by atoms with Crippen molar-refractivity contribution in [1.82, 2.24) is 0 Å². The molecule has 0 spiro atoms. The van der Waals surface area contributed by atoms with Crippen LogP contribution in [-0.4, -0.2) is 11.3 Å². The molecule has 2 rings (SSSR count). The Hall–Kier alpha value is -0.870. The highest BCUT2D eigenvalue weighted by atomic mass is 31.1. The number of rotatable bonds is 3. The zero-order valence-electron chi connectivity index (χ0n) is 10.0. The molecule has 1 atom stereocenters. The molecule has 0 saturated heterocycles. The van der Waals surface area contributed by atoms with Crippen LogP contribution in [-0.2, 0) is 0 Å². The lowest BCUT2D eigenvalue weighted by Gasteiger charge is -2.28. The van der Waals surface area contributed by atoms with Crippen LogP contribution in [0.15, 0.2) is 54.6 Å². The minimum atomic E-state index is -0.107. The summed E-state index contributed by atoms with van der Waals surface area (Å²) in [6.45, 7) is 4.68. The quantitative estimate of drug-likeness (QED) is 0.542. The van der Waals surface area contributed by atoms with Gasteiger partial charge in [0.15, 0.2) is 0 Å². The smallest absolute Gasteiger partial charge is 0.0193 e. The Balaban J connectivity index is 2.27. The highest BCUT2D eigenvalue weighted by Gasteiger charge is 2.22. The average molecular weight is 230 g/mol. The molecule has 0 N–H and O–H groups in total. The maximum absolute atomic E-state index is 2.39. The van der Waals surface area contributed by atoms with E-state index in [9.17, 15) is 0 Å². The molecule has 0 amide bonds. The monoisotopic (exact) mass is 230 g/mol. The maximum Gasteiger partial charge on any atom is 0.0193 e. The Bertz CT molecular complexity index is 364. The molecule has 1 aliphatic carbocycles. The molecule has 0 aromatic heterocycles. The fourth-order valence-corrected chi connectivity index (χ4v) is 4.94. The molecule has 1 unspecified atom stereocenters. The van der Waals surface area contributed by atoms with Gasteiger partial charge in [-0.15, -0.1) is 0 Å². The van der Waals surface area contributed by atoms with Crippen LogP contribution in [0.1, 0.15) is 20.3 Å². The summed E-state index contributed by atoms with van der Waals surface area (Å²) >= 11 is 0. The van der Waals surface area contributed by atoms with Gasteiger partial charge in [0.05, 0.1) is 0 Å². The minimum absolute atomic E-state index is 0.107. The Morgan fingerprint density at radius 3 is 2.25 bits per heavy atom. The molecule has 1 aliphatic rings. The molecule has 1 heteroatoms. The lowest BCUT2D eigenvalue weighted by atomic mass is 10.2. The third-order valence-electron chi connectivity index (χ3n) is 2.87. The molecule has 16 heavy (non-hydrogen) atoms. The predicted octanol–water partition coefficient (Wildman–Crippen LogP) is 4.09. The van der Waals surface area contributed by atoms with Crippen LogP contribution in [0.2, 0.25) is 0 Å². The van der Waals surface area contributed by atoms with E-state index >= 15 is 0 Å². The molecule has 84 valence electrons. The highest BCUT2D eigenvalue weighted by Crippen LogP contribution is 2.47. The summed E-state index contributed by atoms with van der Waals surface area (Å²) in [4.78, 5) is 0. The van der Waals surface area contributed by atoms with Gasteiger partial charge >= 0.3 is 0 Å². The van der Waals surface area contributed by atoms with Crippen LogP contribution in [0.4, 0.5) is 0 Å². The molecular formula is C15H19P. The van der Waals surface area contributed by atoms with E-state index < -0.39 is 0 Å². The Labute approximate surface area is 99.8 Å². The summed E-state index contributed by atoms with van der Waals surface area (Å²) in [6, 6.07) is 11.0. The van der Waals surface area contributed by atoms with Crippen molar-refractivity contribution in [2.75, 3.05) is 0 Å². The standard InChI is InChI=1S/C15H19P/c1-13(2)16(14-9-5-3-6-10-14)15-11-7-4-8-12-15/h3,5-13,15H,4H2,1-2H3. The lowest BCUT2D eigenvalue weighted by molar-refractivity contribution is 1.07. The fraction of sp³-hybridized carbons (Fsp3) is 0.333. The number of allylic oxidation sites excluding steroid dienone is 4. The second-order valence-corrected chi connectivity index (χ2v) is 7.38. The van der Waals surface area contributed by atoms with E-state index in [0.717, 1.165) is 12.1 Å².